The topological polar surface area (TPSA) is 71.8 Å². The predicted molar refractivity (Wildman–Crippen MR) is 70.6 cm³/mol. The Hall–Kier alpha value is -1.82. The second kappa shape index (κ2) is 5.28. The average Bonchev–Trinajstić information content (AvgIpc) is 2.85. The SMILES string of the molecule is O=C(O)C1CN(C(=O)c2cccn2C2CCC2)CCO1. The Labute approximate surface area is 116 Å². The van der Waals surface area contributed by atoms with Gasteiger partial charge in [0.15, 0.2) is 6.10 Å². The lowest BCUT2D eigenvalue weighted by atomic mass is 9.93. The number of carboxylic acid groups (broad SMARTS) is 1. The van der Waals surface area contributed by atoms with Crippen LogP contribution in [0.25, 0.3) is 0 Å². The van der Waals surface area contributed by atoms with E-state index in [2.05, 4.69) is 0 Å². The minimum Gasteiger partial charge on any atom is -0.479 e. The van der Waals surface area contributed by atoms with Crippen LogP contribution in [0.4, 0.5) is 0 Å². The fraction of sp³-hybridized carbons (Fsp3) is 0.571. The van der Waals surface area contributed by atoms with Gasteiger partial charge >= 0.3 is 5.97 Å². The molecule has 108 valence electrons. The highest BCUT2D eigenvalue weighted by molar-refractivity contribution is 5.93. The number of hydrogen-bond donors (Lipinski definition) is 1. The summed E-state index contributed by atoms with van der Waals surface area (Å²) in [6.45, 7) is 0.829. The molecular weight excluding hydrogens is 260 g/mol. The maximum Gasteiger partial charge on any atom is 0.334 e. The third-order valence-corrected chi connectivity index (χ3v) is 4.10. The molecule has 6 nitrogen and oxygen atoms in total. The molecule has 1 aliphatic carbocycles. The molecule has 1 atom stereocenters. The zero-order chi connectivity index (χ0) is 14.1. The van der Waals surface area contributed by atoms with Crippen LogP contribution >= 0.6 is 0 Å². The normalized spacial score (nSPS) is 23.4. The van der Waals surface area contributed by atoms with Gasteiger partial charge in [-0.2, -0.15) is 0 Å². The smallest absolute Gasteiger partial charge is 0.334 e. The van der Waals surface area contributed by atoms with Crippen LogP contribution in [0.1, 0.15) is 35.8 Å². The number of hydrogen-bond acceptors (Lipinski definition) is 3. The fourth-order valence-corrected chi connectivity index (χ4v) is 2.70. The van der Waals surface area contributed by atoms with E-state index in [1.165, 1.54) is 6.42 Å². The van der Waals surface area contributed by atoms with Gasteiger partial charge in [0.05, 0.1) is 13.2 Å². The zero-order valence-electron chi connectivity index (χ0n) is 11.2. The molecule has 1 aliphatic heterocycles. The third kappa shape index (κ3) is 2.31. The first-order valence-corrected chi connectivity index (χ1v) is 6.97. The number of amides is 1. The highest BCUT2D eigenvalue weighted by atomic mass is 16.5. The molecule has 3 rings (SSSR count). The molecule has 1 saturated heterocycles. The van der Waals surface area contributed by atoms with Crippen molar-refractivity contribution in [1.29, 1.82) is 0 Å². The molecule has 20 heavy (non-hydrogen) atoms. The lowest BCUT2D eigenvalue weighted by Crippen LogP contribution is -2.49. The Morgan fingerprint density at radius 1 is 1.35 bits per heavy atom. The predicted octanol–water partition coefficient (Wildman–Crippen LogP) is 1.14. The Morgan fingerprint density at radius 2 is 2.15 bits per heavy atom. The first kappa shape index (κ1) is 13.2. The van der Waals surface area contributed by atoms with E-state index in [0.717, 1.165) is 12.8 Å². The van der Waals surface area contributed by atoms with Crippen LogP contribution in [0.15, 0.2) is 18.3 Å². The van der Waals surface area contributed by atoms with Crippen molar-refractivity contribution in [2.75, 3.05) is 19.7 Å². The van der Waals surface area contributed by atoms with Gasteiger partial charge in [0.25, 0.3) is 5.91 Å². The van der Waals surface area contributed by atoms with E-state index in [9.17, 15) is 9.59 Å². The number of ether oxygens (including phenoxy) is 1. The molecule has 1 saturated carbocycles. The van der Waals surface area contributed by atoms with E-state index in [-0.39, 0.29) is 19.1 Å². The molecule has 2 aliphatic rings. The van der Waals surface area contributed by atoms with E-state index in [1.54, 1.807) is 4.90 Å². The van der Waals surface area contributed by atoms with E-state index < -0.39 is 12.1 Å². The minimum atomic E-state index is -1.02. The maximum absolute atomic E-state index is 12.6. The monoisotopic (exact) mass is 278 g/mol. The first-order valence-electron chi connectivity index (χ1n) is 6.97. The Morgan fingerprint density at radius 3 is 2.80 bits per heavy atom. The van der Waals surface area contributed by atoms with E-state index >= 15 is 0 Å². The van der Waals surface area contributed by atoms with Crippen LogP contribution in [0.3, 0.4) is 0 Å². The maximum atomic E-state index is 12.6. The summed E-state index contributed by atoms with van der Waals surface area (Å²) in [7, 11) is 0. The van der Waals surface area contributed by atoms with E-state index in [1.807, 2.05) is 22.9 Å². The summed E-state index contributed by atoms with van der Waals surface area (Å²) < 4.78 is 7.17. The number of aromatic nitrogens is 1. The zero-order valence-corrected chi connectivity index (χ0v) is 11.2. The number of morpholine rings is 1. The van der Waals surface area contributed by atoms with Gasteiger partial charge in [-0.25, -0.2) is 4.79 Å². The van der Waals surface area contributed by atoms with Gasteiger partial charge in [0, 0.05) is 18.8 Å². The lowest BCUT2D eigenvalue weighted by molar-refractivity contribution is -0.154. The van der Waals surface area contributed by atoms with Crippen LogP contribution < -0.4 is 0 Å². The first-order chi connectivity index (χ1) is 9.66. The van der Waals surface area contributed by atoms with Gasteiger partial charge in [-0.15, -0.1) is 0 Å². The molecule has 0 bridgehead atoms. The Bertz CT molecular complexity index is 521. The Kier molecular flexibility index (Phi) is 3.48. The van der Waals surface area contributed by atoms with Gasteiger partial charge < -0.3 is 19.3 Å². The highest BCUT2D eigenvalue weighted by Gasteiger charge is 2.31. The summed E-state index contributed by atoms with van der Waals surface area (Å²) in [5, 5.41) is 8.99. The molecular formula is C14H18N2O4. The average molecular weight is 278 g/mol. The summed E-state index contributed by atoms with van der Waals surface area (Å²) in [5.74, 6) is -1.12. The van der Waals surface area contributed by atoms with Crippen LogP contribution in [-0.2, 0) is 9.53 Å². The molecule has 0 spiro atoms. The number of carboxylic acids is 1. The Balaban J connectivity index is 1.75. The molecule has 1 aromatic rings. The number of rotatable bonds is 3. The number of nitrogens with zero attached hydrogens (tertiary/aromatic N) is 2. The van der Waals surface area contributed by atoms with Gasteiger partial charge in [-0.05, 0) is 31.4 Å². The molecule has 1 unspecified atom stereocenters. The van der Waals surface area contributed by atoms with Crippen molar-refractivity contribution in [3.63, 3.8) is 0 Å². The van der Waals surface area contributed by atoms with Crippen molar-refractivity contribution in [1.82, 2.24) is 9.47 Å². The van der Waals surface area contributed by atoms with Gasteiger partial charge in [-0.1, -0.05) is 0 Å². The highest BCUT2D eigenvalue weighted by Crippen LogP contribution is 2.33. The summed E-state index contributed by atoms with van der Waals surface area (Å²) in [6, 6.07) is 4.10. The summed E-state index contributed by atoms with van der Waals surface area (Å²) in [5.41, 5.74) is 0.653. The number of aliphatic carboxylic acids is 1. The molecule has 1 aromatic heterocycles. The molecule has 1 amide bonds. The quantitative estimate of drug-likeness (QED) is 0.900. The van der Waals surface area contributed by atoms with Crippen LogP contribution in [0, 0.1) is 0 Å². The van der Waals surface area contributed by atoms with Gasteiger partial charge in [0.2, 0.25) is 0 Å². The largest absolute Gasteiger partial charge is 0.479 e. The van der Waals surface area contributed by atoms with Crippen molar-refractivity contribution in [3.05, 3.63) is 24.0 Å². The summed E-state index contributed by atoms with van der Waals surface area (Å²) >= 11 is 0. The summed E-state index contributed by atoms with van der Waals surface area (Å²) in [4.78, 5) is 25.1. The van der Waals surface area contributed by atoms with Crippen LogP contribution in [0.5, 0.6) is 0 Å². The lowest BCUT2D eigenvalue weighted by Gasteiger charge is -2.33. The van der Waals surface area contributed by atoms with Crippen LogP contribution in [-0.4, -0.2) is 52.3 Å². The van der Waals surface area contributed by atoms with Crippen molar-refractivity contribution < 1.29 is 19.4 Å². The van der Waals surface area contributed by atoms with Crippen molar-refractivity contribution in [2.24, 2.45) is 0 Å². The van der Waals surface area contributed by atoms with Crippen LogP contribution in [0.2, 0.25) is 0 Å². The molecule has 2 heterocycles. The van der Waals surface area contributed by atoms with Crippen molar-refractivity contribution in [3.8, 4) is 0 Å². The molecule has 2 fully saturated rings. The van der Waals surface area contributed by atoms with Crippen molar-refractivity contribution in [2.45, 2.75) is 31.4 Å². The number of carbonyl (C=O) groups is 2. The third-order valence-electron chi connectivity index (χ3n) is 4.10. The fourth-order valence-electron chi connectivity index (χ4n) is 2.70. The van der Waals surface area contributed by atoms with Crippen molar-refractivity contribution >= 4 is 11.9 Å². The molecule has 0 radical (unpaired) electrons. The second-order valence-corrected chi connectivity index (χ2v) is 5.33. The molecule has 1 N–H and O–H groups in total. The molecule has 6 heteroatoms. The second-order valence-electron chi connectivity index (χ2n) is 5.33. The summed E-state index contributed by atoms with van der Waals surface area (Å²) in [6.07, 6.45) is 4.44. The van der Waals surface area contributed by atoms with Gasteiger partial charge in [0.1, 0.15) is 5.69 Å². The molecule has 0 aromatic carbocycles. The number of carbonyl (C=O) groups excluding carboxylic acids is 1. The van der Waals surface area contributed by atoms with E-state index in [4.69, 9.17) is 9.84 Å². The van der Waals surface area contributed by atoms with E-state index in [0.29, 0.717) is 18.3 Å². The van der Waals surface area contributed by atoms with Gasteiger partial charge in [-0.3, -0.25) is 4.79 Å². The minimum absolute atomic E-state index is 0.101. The standard InChI is InChI=1S/C14H18N2O4/c17-13(15-7-8-20-12(9-15)14(18)19)11-5-2-6-16(11)10-3-1-4-10/h2,5-6,10,12H,1,3-4,7-9H2,(H,18,19).